The Kier molecular flexibility index (Phi) is 4.50. The number of aryl methyl sites for hydroxylation is 3. The van der Waals surface area contributed by atoms with Crippen molar-refractivity contribution in [3.8, 4) is 11.3 Å². The van der Waals surface area contributed by atoms with Crippen LogP contribution in [0, 0.1) is 32.4 Å². The molecule has 1 aromatic heterocycles. The maximum atomic E-state index is 14.3. The summed E-state index contributed by atoms with van der Waals surface area (Å²) in [5.74, 6) is -0.800. The van der Waals surface area contributed by atoms with Crippen LogP contribution in [0.5, 0.6) is 0 Å². The van der Waals surface area contributed by atoms with Crippen LogP contribution < -0.4 is 5.32 Å². The summed E-state index contributed by atoms with van der Waals surface area (Å²) in [6, 6.07) is 2.68. The topological polar surface area (TPSA) is 37.8 Å². The number of hydrogen-bond acceptors (Lipinski definition) is 3. The Balaban J connectivity index is 2.67. The van der Waals surface area contributed by atoms with E-state index in [1.807, 2.05) is 13.8 Å². The molecule has 0 atom stereocenters. The molecule has 0 aliphatic heterocycles. The zero-order chi connectivity index (χ0) is 15.6. The van der Waals surface area contributed by atoms with Gasteiger partial charge in [-0.15, -0.1) is 0 Å². The zero-order valence-electron chi connectivity index (χ0n) is 12.7. The number of nitrogens with one attached hydrogen (secondary N) is 1. The van der Waals surface area contributed by atoms with Gasteiger partial charge in [-0.25, -0.2) is 18.7 Å². The van der Waals surface area contributed by atoms with Crippen LogP contribution in [0.25, 0.3) is 11.3 Å². The van der Waals surface area contributed by atoms with E-state index in [9.17, 15) is 8.78 Å². The molecule has 112 valence electrons. The van der Waals surface area contributed by atoms with Gasteiger partial charge in [-0.2, -0.15) is 0 Å². The molecule has 0 spiro atoms. The van der Waals surface area contributed by atoms with E-state index in [4.69, 9.17) is 0 Å². The van der Waals surface area contributed by atoms with E-state index in [1.165, 1.54) is 12.1 Å². The first-order chi connectivity index (χ1) is 9.95. The second kappa shape index (κ2) is 6.16. The molecule has 0 saturated carbocycles. The maximum absolute atomic E-state index is 14.3. The molecular weight excluding hydrogens is 272 g/mol. The van der Waals surface area contributed by atoms with Crippen molar-refractivity contribution in [3.05, 3.63) is 40.7 Å². The first-order valence-electron chi connectivity index (χ1n) is 6.99. The minimum absolute atomic E-state index is 0.121. The molecule has 2 rings (SSSR count). The molecule has 0 saturated heterocycles. The number of aromatic nitrogens is 2. The van der Waals surface area contributed by atoms with Crippen molar-refractivity contribution in [3.63, 3.8) is 0 Å². The van der Waals surface area contributed by atoms with E-state index >= 15 is 0 Å². The fourth-order valence-corrected chi connectivity index (χ4v) is 2.02. The van der Waals surface area contributed by atoms with Crippen molar-refractivity contribution in [1.82, 2.24) is 9.97 Å². The Hall–Kier alpha value is -2.04. The van der Waals surface area contributed by atoms with Gasteiger partial charge in [0.2, 0.25) is 0 Å². The monoisotopic (exact) mass is 291 g/mol. The lowest BCUT2D eigenvalue weighted by atomic mass is 10.1. The predicted molar refractivity (Wildman–Crippen MR) is 80.4 cm³/mol. The highest BCUT2D eigenvalue weighted by Crippen LogP contribution is 2.31. The third kappa shape index (κ3) is 3.01. The Morgan fingerprint density at radius 2 is 1.71 bits per heavy atom. The standard InChI is InChI=1S/C16H19F2N3/c1-5-8-19-16-15(20-10(3)11(4)21-16)13-12(17)7-6-9(2)14(13)18/h6-7H,5,8H2,1-4H3,(H,19,21). The molecule has 1 aromatic carbocycles. The number of benzene rings is 1. The van der Waals surface area contributed by atoms with E-state index in [0.29, 0.717) is 23.6 Å². The van der Waals surface area contributed by atoms with Gasteiger partial charge in [-0.05, 0) is 38.8 Å². The van der Waals surface area contributed by atoms with Crippen molar-refractivity contribution in [2.24, 2.45) is 0 Å². The van der Waals surface area contributed by atoms with Crippen LogP contribution in [0.3, 0.4) is 0 Å². The van der Waals surface area contributed by atoms with Crippen molar-refractivity contribution in [2.45, 2.75) is 34.1 Å². The molecule has 21 heavy (non-hydrogen) atoms. The predicted octanol–water partition coefficient (Wildman–Crippen LogP) is 4.17. The number of anilines is 1. The Labute approximate surface area is 123 Å². The van der Waals surface area contributed by atoms with Crippen LogP contribution in [0.15, 0.2) is 12.1 Å². The van der Waals surface area contributed by atoms with Crippen LogP contribution in [0.4, 0.5) is 14.6 Å². The number of rotatable bonds is 4. The van der Waals surface area contributed by atoms with Gasteiger partial charge in [-0.1, -0.05) is 13.0 Å². The molecule has 2 aromatic rings. The molecule has 5 heteroatoms. The van der Waals surface area contributed by atoms with Gasteiger partial charge in [0, 0.05) is 6.54 Å². The first kappa shape index (κ1) is 15.4. The molecule has 3 nitrogen and oxygen atoms in total. The summed E-state index contributed by atoms with van der Waals surface area (Å²) >= 11 is 0. The number of hydrogen-bond donors (Lipinski definition) is 1. The SMILES string of the molecule is CCCNc1nc(C)c(C)nc1-c1c(F)ccc(C)c1F. The molecule has 0 radical (unpaired) electrons. The van der Waals surface area contributed by atoms with E-state index in [1.54, 1.807) is 13.8 Å². The lowest BCUT2D eigenvalue weighted by molar-refractivity contribution is 0.582. The van der Waals surface area contributed by atoms with Crippen LogP contribution in [-0.4, -0.2) is 16.5 Å². The van der Waals surface area contributed by atoms with Gasteiger partial charge >= 0.3 is 0 Å². The van der Waals surface area contributed by atoms with Crippen LogP contribution in [0.2, 0.25) is 0 Å². The third-order valence-corrected chi connectivity index (χ3v) is 3.37. The van der Waals surface area contributed by atoms with E-state index in [2.05, 4.69) is 15.3 Å². The van der Waals surface area contributed by atoms with Crippen LogP contribution in [-0.2, 0) is 0 Å². The summed E-state index contributed by atoms with van der Waals surface area (Å²) in [5, 5.41) is 3.10. The van der Waals surface area contributed by atoms with Crippen LogP contribution in [0.1, 0.15) is 30.3 Å². The quantitative estimate of drug-likeness (QED) is 0.918. The Morgan fingerprint density at radius 1 is 1.05 bits per heavy atom. The summed E-state index contributed by atoms with van der Waals surface area (Å²) in [4.78, 5) is 8.75. The molecule has 1 heterocycles. The molecule has 0 bridgehead atoms. The Morgan fingerprint density at radius 3 is 2.38 bits per heavy atom. The smallest absolute Gasteiger partial charge is 0.153 e. The second-order valence-electron chi connectivity index (χ2n) is 5.07. The van der Waals surface area contributed by atoms with Gasteiger partial charge in [0.25, 0.3) is 0 Å². The summed E-state index contributed by atoms with van der Waals surface area (Å²) < 4.78 is 28.5. The molecule has 0 fully saturated rings. The molecule has 0 amide bonds. The van der Waals surface area contributed by atoms with Gasteiger partial charge in [0.05, 0.1) is 17.0 Å². The lowest BCUT2D eigenvalue weighted by Gasteiger charge is -2.14. The summed E-state index contributed by atoms with van der Waals surface area (Å²) in [6.07, 6.45) is 0.882. The average molecular weight is 291 g/mol. The Bertz CT molecular complexity index is 669. The number of halogens is 2. The molecular formula is C16H19F2N3. The van der Waals surface area contributed by atoms with Crippen molar-refractivity contribution >= 4 is 5.82 Å². The van der Waals surface area contributed by atoms with Gasteiger partial charge in [0.1, 0.15) is 17.3 Å². The lowest BCUT2D eigenvalue weighted by Crippen LogP contribution is -2.09. The first-order valence-corrected chi connectivity index (χ1v) is 6.99. The van der Waals surface area contributed by atoms with Gasteiger partial charge < -0.3 is 5.32 Å². The third-order valence-electron chi connectivity index (χ3n) is 3.37. The molecule has 1 N–H and O–H groups in total. The second-order valence-corrected chi connectivity index (χ2v) is 5.07. The highest BCUT2D eigenvalue weighted by atomic mass is 19.1. The van der Waals surface area contributed by atoms with Gasteiger partial charge in [-0.3, -0.25) is 0 Å². The minimum atomic E-state index is -0.629. The summed E-state index contributed by atoms with van der Waals surface area (Å²) in [5.41, 5.74) is 1.89. The minimum Gasteiger partial charge on any atom is -0.368 e. The van der Waals surface area contributed by atoms with E-state index < -0.39 is 11.6 Å². The maximum Gasteiger partial charge on any atom is 0.153 e. The molecule has 0 aliphatic carbocycles. The molecule has 0 unspecified atom stereocenters. The average Bonchev–Trinajstić information content (AvgIpc) is 2.45. The van der Waals surface area contributed by atoms with Crippen LogP contribution >= 0.6 is 0 Å². The van der Waals surface area contributed by atoms with Crippen molar-refractivity contribution in [2.75, 3.05) is 11.9 Å². The fraction of sp³-hybridized carbons (Fsp3) is 0.375. The summed E-state index contributed by atoms with van der Waals surface area (Å²) in [6.45, 7) is 7.88. The molecule has 0 aliphatic rings. The zero-order valence-corrected chi connectivity index (χ0v) is 12.7. The van der Waals surface area contributed by atoms with E-state index in [0.717, 1.165) is 12.1 Å². The highest BCUT2D eigenvalue weighted by Gasteiger charge is 2.20. The highest BCUT2D eigenvalue weighted by molar-refractivity contribution is 5.73. The van der Waals surface area contributed by atoms with Crippen molar-refractivity contribution in [1.29, 1.82) is 0 Å². The normalized spacial score (nSPS) is 10.8. The fourth-order valence-electron chi connectivity index (χ4n) is 2.02. The van der Waals surface area contributed by atoms with Gasteiger partial charge in [0.15, 0.2) is 5.82 Å². The largest absolute Gasteiger partial charge is 0.368 e. The van der Waals surface area contributed by atoms with E-state index in [-0.39, 0.29) is 11.3 Å². The summed E-state index contributed by atoms with van der Waals surface area (Å²) in [7, 11) is 0. The number of nitrogens with zero attached hydrogens (tertiary/aromatic N) is 2. The van der Waals surface area contributed by atoms with Crippen molar-refractivity contribution < 1.29 is 8.78 Å².